The first-order valence-corrected chi connectivity index (χ1v) is 7.22. The molecule has 2 heterocycles. The average molecular weight is 281 g/mol. The molecule has 0 aliphatic carbocycles. The van der Waals surface area contributed by atoms with Gasteiger partial charge in [-0.1, -0.05) is 0 Å². The second-order valence-electron chi connectivity index (χ2n) is 4.69. The Morgan fingerprint density at radius 3 is 2.95 bits per heavy atom. The maximum absolute atomic E-state index is 5.65. The maximum Gasteiger partial charge on any atom is 0.323 e. The Kier molecular flexibility index (Phi) is 5.34. The van der Waals surface area contributed by atoms with Gasteiger partial charge >= 0.3 is 6.01 Å². The van der Waals surface area contributed by atoms with E-state index in [4.69, 9.17) is 9.47 Å². The van der Waals surface area contributed by atoms with Gasteiger partial charge < -0.3 is 19.7 Å². The van der Waals surface area contributed by atoms with Gasteiger partial charge in [-0.15, -0.1) is 0 Å². The zero-order valence-electron chi connectivity index (χ0n) is 12.4. The van der Waals surface area contributed by atoms with Crippen molar-refractivity contribution in [1.29, 1.82) is 0 Å². The molecule has 1 aromatic rings. The fraction of sp³-hybridized carbons (Fsp3) is 0.769. The van der Waals surface area contributed by atoms with Crippen molar-refractivity contribution in [2.45, 2.75) is 33.3 Å². The van der Waals surface area contributed by atoms with Crippen molar-refractivity contribution in [3.63, 3.8) is 0 Å². The van der Waals surface area contributed by atoms with Crippen molar-refractivity contribution in [2.75, 3.05) is 43.1 Å². The van der Waals surface area contributed by atoms with Crippen LogP contribution in [0.25, 0.3) is 0 Å². The summed E-state index contributed by atoms with van der Waals surface area (Å²) in [6.45, 7) is 9.72. The Bertz CT molecular complexity index is 405. The van der Waals surface area contributed by atoms with Gasteiger partial charge in [0, 0.05) is 26.2 Å². The van der Waals surface area contributed by atoms with Gasteiger partial charge in [0.2, 0.25) is 11.9 Å². The number of nitrogens with one attached hydrogen (secondary N) is 1. The van der Waals surface area contributed by atoms with Gasteiger partial charge in [0.15, 0.2) is 0 Å². The summed E-state index contributed by atoms with van der Waals surface area (Å²) in [4.78, 5) is 15.2. The molecule has 20 heavy (non-hydrogen) atoms. The summed E-state index contributed by atoms with van der Waals surface area (Å²) in [5, 5.41) is 3.11. The van der Waals surface area contributed by atoms with Crippen molar-refractivity contribution in [1.82, 2.24) is 15.0 Å². The number of ether oxygens (including phenoxy) is 2. The Labute approximate surface area is 119 Å². The standard InChI is InChI=1S/C13H23N5O2/c1-4-14-11-15-12(17-13(16-11)19-5-2)18-7-6-8-20-10(3)9-18/h10H,4-9H2,1-3H3,(H,14,15,16,17). The van der Waals surface area contributed by atoms with Crippen molar-refractivity contribution in [3.05, 3.63) is 0 Å². The lowest BCUT2D eigenvalue weighted by Crippen LogP contribution is -2.32. The van der Waals surface area contributed by atoms with Crippen molar-refractivity contribution in [2.24, 2.45) is 0 Å². The SMILES string of the molecule is CCNc1nc(OCC)nc(N2CCCOC(C)C2)n1. The molecular formula is C13H23N5O2. The minimum atomic E-state index is 0.174. The van der Waals surface area contributed by atoms with E-state index in [9.17, 15) is 0 Å². The molecule has 1 aliphatic heterocycles. The van der Waals surface area contributed by atoms with Gasteiger partial charge in [0.25, 0.3) is 0 Å². The van der Waals surface area contributed by atoms with E-state index in [1.807, 2.05) is 13.8 Å². The fourth-order valence-electron chi connectivity index (χ4n) is 2.09. The predicted octanol–water partition coefficient (Wildman–Crippen LogP) is 1.32. The lowest BCUT2D eigenvalue weighted by atomic mass is 10.3. The molecule has 1 atom stereocenters. The first kappa shape index (κ1) is 14.8. The van der Waals surface area contributed by atoms with Crippen molar-refractivity contribution >= 4 is 11.9 Å². The minimum absolute atomic E-state index is 0.174. The summed E-state index contributed by atoms with van der Waals surface area (Å²) in [6, 6.07) is 0.367. The van der Waals surface area contributed by atoms with Crippen LogP contribution in [0.2, 0.25) is 0 Å². The van der Waals surface area contributed by atoms with E-state index in [1.54, 1.807) is 0 Å². The molecule has 1 unspecified atom stereocenters. The van der Waals surface area contributed by atoms with Crippen LogP contribution in [0, 0.1) is 0 Å². The summed E-state index contributed by atoms with van der Waals surface area (Å²) in [5.41, 5.74) is 0. The smallest absolute Gasteiger partial charge is 0.323 e. The molecule has 0 aromatic carbocycles. The minimum Gasteiger partial charge on any atom is -0.464 e. The molecule has 1 aromatic heterocycles. The molecule has 1 fully saturated rings. The van der Waals surface area contributed by atoms with Gasteiger partial charge in [-0.3, -0.25) is 0 Å². The van der Waals surface area contributed by atoms with Gasteiger partial charge in [0.1, 0.15) is 0 Å². The molecule has 0 spiro atoms. The van der Waals surface area contributed by atoms with E-state index < -0.39 is 0 Å². The molecule has 0 amide bonds. The van der Waals surface area contributed by atoms with E-state index in [2.05, 4.69) is 32.1 Å². The molecule has 0 saturated carbocycles. The molecule has 0 bridgehead atoms. The van der Waals surface area contributed by atoms with Crippen LogP contribution in [0.1, 0.15) is 27.2 Å². The van der Waals surface area contributed by atoms with Gasteiger partial charge in [-0.2, -0.15) is 15.0 Å². The number of nitrogens with zero attached hydrogens (tertiary/aromatic N) is 4. The summed E-state index contributed by atoms with van der Waals surface area (Å²) in [7, 11) is 0. The third-order valence-electron chi connectivity index (χ3n) is 2.95. The number of anilines is 2. The van der Waals surface area contributed by atoms with E-state index in [0.717, 1.165) is 32.7 Å². The molecule has 112 valence electrons. The van der Waals surface area contributed by atoms with Crippen LogP contribution >= 0.6 is 0 Å². The second-order valence-corrected chi connectivity index (χ2v) is 4.69. The van der Waals surface area contributed by atoms with Crippen molar-refractivity contribution in [3.8, 4) is 6.01 Å². The number of aromatic nitrogens is 3. The van der Waals surface area contributed by atoms with Crippen LogP contribution in [-0.4, -0.2) is 53.9 Å². The predicted molar refractivity (Wildman–Crippen MR) is 77.4 cm³/mol. The molecule has 1 N–H and O–H groups in total. The van der Waals surface area contributed by atoms with Gasteiger partial charge in [-0.25, -0.2) is 0 Å². The highest BCUT2D eigenvalue weighted by Crippen LogP contribution is 2.17. The first-order valence-electron chi connectivity index (χ1n) is 7.22. The highest BCUT2D eigenvalue weighted by Gasteiger charge is 2.19. The van der Waals surface area contributed by atoms with E-state index in [-0.39, 0.29) is 6.10 Å². The molecule has 7 heteroatoms. The third kappa shape index (κ3) is 3.93. The number of hydrogen-bond acceptors (Lipinski definition) is 7. The van der Waals surface area contributed by atoms with Gasteiger partial charge in [0.05, 0.1) is 12.7 Å². The Hall–Kier alpha value is -1.63. The average Bonchev–Trinajstić information content (AvgIpc) is 2.64. The highest BCUT2D eigenvalue weighted by atomic mass is 16.5. The largest absolute Gasteiger partial charge is 0.464 e. The highest BCUT2D eigenvalue weighted by molar-refractivity contribution is 5.38. The van der Waals surface area contributed by atoms with Gasteiger partial charge in [-0.05, 0) is 27.2 Å². The first-order chi connectivity index (χ1) is 9.72. The quantitative estimate of drug-likeness (QED) is 0.872. The third-order valence-corrected chi connectivity index (χ3v) is 2.95. The van der Waals surface area contributed by atoms with E-state index in [0.29, 0.717) is 24.5 Å². The number of rotatable bonds is 5. The Morgan fingerprint density at radius 2 is 2.20 bits per heavy atom. The van der Waals surface area contributed by atoms with Crippen LogP contribution < -0.4 is 15.0 Å². The van der Waals surface area contributed by atoms with E-state index >= 15 is 0 Å². The maximum atomic E-state index is 5.65. The normalized spacial score (nSPS) is 19.6. The summed E-state index contributed by atoms with van der Waals surface area (Å²) < 4.78 is 11.1. The lowest BCUT2D eigenvalue weighted by molar-refractivity contribution is 0.0820. The Morgan fingerprint density at radius 1 is 1.35 bits per heavy atom. The zero-order valence-corrected chi connectivity index (χ0v) is 12.4. The summed E-state index contributed by atoms with van der Waals surface area (Å²) in [6.07, 6.45) is 1.14. The molecular weight excluding hydrogens is 258 g/mol. The van der Waals surface area contributed by atoms with Crippen LogP contribution in [0.15, 0.2) is 0 Å². The molecule has 0 radical (unpaired) electrons. The lowest BCUT2D eigenvalue weighted by Gasteiger charge is -2.22. The molecule has 7 nitrogen and oxygen atoms in total. The fourth-order valence-corrected chi connectivity index (χ4v) is 2.09. The van der Waals surface area contributed by atoms with Crippen LogP contribution in [-0.2, 0) is 4.74 Å². The monoisotopic (exact) mass is 281 g/mol. The van der Waals surface area contributed by atoms with Crippen LogP contribution in [0.3, 0.4) is 0 Å². The molecule has 2 rings (SSSR count). The second kappa shape index (κ2) is 7.23. The van der Waals surface area contributed by atoms with Crippen LogP contribution in [0.5, 0.6) is 6.01 Å². The summed E-state index contributed by atoms with van der Waals surface area (Å²) >= 11 is 0. The van der Waals surface area contributed by atoms with Crippen molar-refractivity contribution < 1.29 is 9.47 Å². The number of hydrogen-bond donors (Lipinski definition) is 1. The zero-order chi connectivity index (χ0) is 14.4. The molecule has 1 saturated heterocycles. The molecule has 1 aliphatic rings. The van der Waals surface area contributed by atoms with Crippen LogP contribution in [0.4, 0.5) is 11.9 Å². The topological polar surface area (TPSA) is 72.4 Å². The summed E-state index contributed by atoms with van der Waals surface area (Å²) in [5.74, 6) is 1.20. The van der Waals surface area contributed by atoms with E-state index in [1.165, 1.54) is 0 Å². The Balaban J connectivity index is 2.23.